The van der Waals surface area contributed by atoms with Crippen LogP contribution in [0, 0.1) is 5.82 Å². The molecule has 0 atom stereocenters. The van der Waals surface area contributed by atoms with Gasteiger partial charge < -0.3 is 10.1 Å². The zero-order valence-corrected chi connectivity index (χ0v) is 15.0. The monoisotopic (exact) mass is 359 g/mol. The molecule has 1 aliphatic heterocycles. The van der Waals surface area contributed by atoms with E-state index < -0.39 is 5.41 Å². The second-order valence-electron chi connectivity index (χ2n) is 6.97. The summed E-state index contributed by atoms with van der Waals surface area (Å²) in [6.45, 7) is 1.38. The van der Waals surface area contributed by atoms with Crippen LogP contribution in [0.1, 0.15) is 48.1 Å². The third-order valence-corrected chi connectivity index (χ3v) is 6.49. The summed E-state index contributed by atoms with van der Waals surface area (Å²) in [5.74, 6) is -0.223. The van der Waals surface area contributed by atoms with E-state index in [4.69, 9.17) is 4.74 Å². The number of carbonyl (C=O) groups excluding carboxylic acids is 1. The zero-order chi connectivity index (χ0) is 17.3. The van der Waals surface area contributed by atoms with E-state index in [0.29, 0.717) is 6.61 Å². The summed E-state index contributed by atoms with van der Waals surface area (Å²) in [7, 11) is 0. The maximum Gasteiger partial charge on any atom is 0.235 e. The molecule has 0 saturated heterocycles. The smallest absolute Gasteiger partial charge is 0.235 e. The summed E-state index contributed by atoms with van der Waals surface area (Å²) in [5.41, 5.74) is 1.66. The first-order valence-electron chi connectivity index (χ1n) is 8.94. The standard InChI is InChI=1S/C20H22FNO2S/c21-16-6-4-15(5-7-16)20(9-2-1-3-10-20)19(23)22-18-12-14-8-11-24-13-17(14)25-18/h4-7,12H,1-3,8-11,13H2,(H,22,23). The maximum atomic E-state index is 13.3. The van der Waals surface area contributed by atoms with Gasteiger partial charge in [0.25, 0.3) is 0 Å². The van der Waals surface area contributed by atoms with Crippen LogP contribution in [0.4, 0.5) is 9.39 Å². The Bertz CT molecular complexity index is 739. The number of nitrogens with one attached hydrogen (secondary N) is 1. The molecule has 4 rings (SSSR count). The average molecular weight is 359 g/mol. The van der Waals surface area contributed by atoms with Crippen LogP contribution in [0.25, 0.3) is 0 Å². The minimum Gasteiger partial charge on any atom is -0.376 e. The Morgan fingerprint density at radius 2 is 1.92 bits per heavy atom. The van der Waals surface area contributed by atoms with Crippen LogP contribution in [0.3, 0.4) is 0 Å². The molecule has 5 heteroatoms. The van der Waals surface area contributed by atoms with Gasteiger partial charge in [-0.2, -0.15) is 0 Å². The highest BCUT2D eigenvalue weighted by Crippen LogP contribution is 2.41. The van der Waals surface area contributed by atoms with Crippen LogP contribution in [0.15, 0.2) is 30.3 Å². The van der Waals surface area contributed by atoms with Crippen molar-refractivity contribution < 1.29 is 13.9 Å². The van der Waals surface area contributed by atoms with Crippen LogP contribution in [-0.4, -0.2) is 12.5 Å². The molecular weight excluding hydrogens is 337 g/mol. The lowest BCUT2D eigenvalue weighted by Crippen LogP contribution is -2.42. The average Bonchev–Trinajstić information content (AvgIpc) is 3.05. The van der Waals surface area contributed by atoms with E-state index in [1.54, 1.807) is 23.5 Å². The quantitative estimate of drug-likeness (QED) is 0.855. The minimum absolute atomic E-state index is 0.0401. The second-order valence-corrected chi connectivity index (χ2v) is 8.10. The third-order valence-electron chi connectivity index (χ3n) is 5.42. The van der Waals surface area contributed by atoms with Crippen molar-refractivity contribution in [2.24, 2.45) is 0 Å². The number of amides is 1. The molecule has 25 heavy (non-hydrogen) atoms. The molecule has 1 N–H and O–H groups in total. The Morgan fingerprint density at radius 3 is 2.64 bits per heavy atom. The Morgan fingerprint density at radius 1 is 1.16 bits per heavy atom. The fraction of sp³-hybridized carbons (Fsp3) is 0.450. The second kappa shape index (κ2) is 6.89. The highest BCUT2D eigenvalue weighted by Gasteiger charge is 2.41. The molecule has 3 nitrogen and oxygen atoms in total. The Balaban J connectivity index is 1.61. The largest absolute Gasteiger partial charge is 0.376 e. The lowest BCUT2D eigenvalue weighted by molar-refractivity contribution is -0.122. The van der Waals surface area contributed by atoms with Gasteiger partial charge in [-0.05, 0) is 48.6 Å². The first kappa shape index (κ1) is 16.7. The van der Waals surface area contributed by atoms with Gasteiger partial charge in [-0.3, -0.25) is 4.79 Å². The number of thiophene rings is 1. The molecule has 0 spiro atoms. The number of rotatable bonds is 3. The van der Waals surface area contributed by atoms with Gasteiger partial charge in [0.15, 0.2) is 0 Å². The summed E-state index contributed by atoms with van der Waals surface area (Å²) in [6, 6.07) is 8.54. The van der Waals surface area contributed by atoms with Crippen molar-refractivity contribution in [1.29, 1.82) is 0 Å². The van der Waals surface area contributed by atoms with E-state index in [0.717, 1.165) is 55.7 Å². The molecule has 2 aromatic rings. The molecule has 1 fully saturated rings. The third kappa shape index (κ3) is 3.23. The van der Waals surface area contributed by atoms with Crippen LogP contribution in [-0.2, 0) is 28.0 Å². The van der Waals surface area contributed by atoms with E-state index in [-0.39, 0.29) is 11.7 Å². The first-order valence-corrected chi connectivity index (χ1v) is 9.76. The van der Waals surface area contributed by atoms with Gasteiger partial charge in [0.1, 0.15) is 5.82 Å². The predicted octanol–water partition coefficient (Wildman–Crippen LogP) is 4.80. The molecule has 1 aromatic heterocycles. The molecule has 0 unspecified atom stereocenters. The minimum atomic E-state index is -0.549. The first-order chi connectivity index (χ1) is 12.2. The highest BCUT2D eigenvalue weighted by atomic mass is 32.1. The Kier molecular flexibility index (Phi) is 4.61. The topological polar surface area (TPSA) is 38.3 Å². The fourth-order valence-corrected chi connectivity index (χ4v) is 5.06. The van der Waals surface area contributed by atoms with E-state index in [2.05, 4.69) is 11.4 Å². The van der Waals surface area contributed by atoms with Crippen molar-refractivity contribution in [3.63, 3.8) is 0 Å². The molecule has 0 radical (unpaired) electrons. The molecule has 1 amide bonds. The van der Waals surface area contributed by atoms with Crippen molar-refractivity contribution in [2.75, 3.05) is 11.9 Å². The van der Waals surface area contributed by atoms with Gasteiger partial charge in [-0.15, -0.1) is 11.3 Å². The lowest BCUT2D eigenvalue weighted by Gasteiger charge is -2.36. The van der Waals surface area contributed by atoms with Crippen LogP contribution >= 0.6 is 11.3 Å². The zero-order valence-electron chi connectivity index (χ0n) is 14.1. The summed E-state index contributed by atoms with van der Waals surface area (Å²) in [4.78, 5) is 14.5. The van der Waals surface area contributed by atoms with Crippen LogP contribution in [0.2, 0.25) is 0 Å². The number of hydrogen-bond acceptors (Lipinski definition) is 3. The molecule has 2 aliphatic rings. The van der Waals surface area contributed by atoms with E-state index in [1.807, 2.05) is 0 Å². The van der Waals surface area contributed by atoms with Crippen molar-refractivity contribution >= 4 is 22.2 Å². The Labute approximate surface area is 151 Å². The van der Waals surface area contributed by atoms with Crippen LogP contribution in [0.5, 0.6) is 0 Å². The predicted molar refractivity (Wildman–Crippen MR) is 97.5 cm³/mol. The molecule has 0 bridgehead atoms. The summed E-state index contributed by atoms with van der Waals surface area (Å²) < 4.78 is 18.8. The number of halogens is 1. The SMILES string of the molecule is O=C(Nc1cc2c(s1)COCC2)C1(c2ccc(F)cc2)CCCCC1. The number of anilines is 1. The number of carbonyl (C=O) groups is 1. The highest BCUT2D eigenvalue weighted by molar-refractivity contribution is 7.16. The number of ether oxygens (including phenoxy) is 1. The Hall–Kier alpha value is -1.72. The molecular formula is C20H22FNO2S. The van der Waals surface area contributed by atoms with Gasteiger partial charge in [0.05, 0.1) is 23.6 Å². The van der Waals surface area contributed by atoms with E-state index in [1.165, 1.54) is 22.6 Å². The fourth-order valence-electron chi connectivity index (χ4n) is 4.01. The lowest BCUT2D eigenvalue weighted by atomic mass is 9.68. The van der Waals surface area contributed by atoms with Crippen LogP contribution < -0.4 is 5.32 Å². The molecule has 2 heterocycles. The van der Waals surface area contributed by atoms with Crippen molar-refractivity contribution in [1.82, 2.24) is 0 Å². The van der Waals surface area contributed by atoms with Gasteiger partial charge in [-0.25, -0.2) is 4.39 Å². The van der Waals surface area contributed by atoms with E-state index in [9.17, 15) is 9.18 Å². The number of fused-ring (bicyclic) bond motifs is 1. The van der Waals surface area contributed by atoms with Gasteiger partial charge in [0, 0.05) is 4.88 Å². The summed E-state index contributed by atoms with van der Waals surface area (Å²) in [6.07, 6.45) is 5.75. The maximum absolute atomic E-state index is 13.3. The molecule has 1 aromatic carbocycles. The molecule has 1 saturated carbocycles. The van der Waals surface area contributed by atoms with E-state index >= 15 is 0 Å². The van der Waals surface area contributed by atoms with Crippen molar-refractivity contribution in [2.45, 2.75) is 50.5 Å². The van der Waals surface area contributed by atoms with Crippen molar-refractivity contribution in [3.8, 4) is 0 Å². The number of hydrogen-bond donors (Lipinski definition) is 1. The summed E-state index contributed by atoms with van der Waals surface area (Å²) in [5, 5.41) is 4.05. The van der Waals surface area contributed by atoms with Gasteiger partial charge in [-0.1, -0.05) is 31.4 Å². The van der Waals surface area contributed by atoms with Gasteiger partial charge >= 0.3 is 0 Å². The normalized spacial score (nSPS) is 19.2. The number of benzene rings is 1. The van der Waals surface area contributed by atoms with Crippen molar-refractivity contribution in [3.05, 3.63) is 52.2 Å². The molecule has 132 valence electrons. The van der Waals surface area contributed by atoms with Gasteiger partial charge in [0.2, 0.25) is 5.91 Å². The molecule has 1 aliphatic carbocycles. The summed E-state index contributed by atoms with van der Waals surface area (Å²) >= 11 is 1.61.